The number of carbonyl (C=O) groups excluding carboxylic acids is 1. The summed E-state index contributed by atoms with van der Waals surface area (Å²) < 4.78 is 38.5. The predicted molar refractivity (Wildman–Crippen MR) is 124 cm³/mol. The number of aromatic nitrogens is 1. The minimum absolute atomic E-state index is 0.102. The third-order valence-corrected chi connectivity index (χ3v) is 7.21. The number of ether oxygens (including phenoxy) is 2. The summed E-state index contributed by atoms with van der Waals surface area (Å²) in [7, 11) is 3.06. The second-order valence-corrected chi connectivity index (χ2v) is 9.07. The molecule has 0 unspecified atom stereocenters. The Balaban J connectivity index is 1.62. The standard InChI is InChI=1S/C26H29F2N3O3/c1-33-10-9-29-16-12-22(15-7-8-19(27)20(28)11-15)31-23(13-16)25-18(14-24(31)26(32)34-2)17-5-3-4-6-21(17)30-25/h3-8,11,16,22-24,29-30H,9-10,12-14H2,1-2H3/t16-,22+,23-,24+/m1/s1. The van der Waals surface area contributed by atoms with Crippen LogP contribution in [-0.2, 0) is 20.7 Å². The van der Waals surface area contributed by atoms with Crippen LogP contribution in [-0.4, -0.2) is 55.3 Å². The number of fused-ring (bicyclic) bond motifs is 5. The van der Waals surface area contributed by atoms with Crippen LogP contribution in [0.25, 0.3) is 10.9 Å². The highest BCUT2D eigenvalue weighted by molar-refractivity contribution is 5.87. The van der Waals surface area contributed by atoms with Gasteiger partial charge in [-0.1, -0.05) is 24.3 Å². The second-order valence-electron chi connectivity index (χ2n) is 9.07. The summed E-state index contributed by atoms with van der Waals surface area (Å²) in [5, 5.41) is 4.66. The van der Waals surface area contributed by atoms with Crippen LogP contribution in [0.4, 0.5) is 8.78 Å². The molecule has 6 nitrogen and oxygen atoms in total. The van der Waals surface area contributed by atoms with Crippen molar-refractivity contribution in [2.24, 2.45) is 0 Å². The summed E-state index contributed by atoms with van der Waals surface area (Å²) in [6.07, 6.45) is 1.90. The number of aromatic amines is 1. The lowest BCUT2D eigenvalue weighted by Crippen LogP contribution is -2.55. The smallest absolute Gasteiger partial charge is 0.323 e. The van der Waals surface area contributed by atoms with Gasteiger partial charge in [-0.05, 0) is 42.2 Å². The summed E-state index contributed by atoms with van der Waals surface area (Å²) in [6.45, 7) is 1.25. The van der Waals surface area contributed by atoms with Crippen LogP contribution in [0.15, 0.2) is 42.5 Å². The Bertz CT molecular complexity index is 1200. The maximum atomic E-state index is 14.3. The molecule has 0 bridgehead atoms. The van der Waals surface area contributed by atoms with Gasteiger partial charge in [0.2, 0.25) is 0 Å². The Kier molecular flexibility index (Phi) is 6.38. The largest absolute Gasteiger partial charge is 0.468 e. The van der Waals surface area contributed by atoms with Gasteiger partial charge in [0.05, 0.1) is 19.8 Å². The van der Waals surface area contributed by atoms with Crippen LogP contribution >= 0.6 is 0 Å². The fourth-order valence-electron chi connectivity index (χ4n) is 5.72. The maximum absolute atomic E-state index is 14.3. The average molecular weight is 470 g/mol. The molecule has 0 spiro atoms. The first-order valence-electron chi connectivity index (χ1n) is 11.6. The molecule has 1 saturated heterocycles. The number of nitrogens with one attached hydrogen (secondary N) is 2. The molecule has 2 aliphatic heterocycles. The van der Waals surface area contributed by atoms with E-state index in [-0.39, 0.29) is 24.1 Å². The quantitative estimate of drug-likeness (QED) is 0.422. The van der Waals surface area contributed by atoms with E-state index in [0.717, 1.165) is 34.6 Å². The van der Waals surface area contributed by atoms with Crippen molar-refractivity contribution in [1.29, 1.82) is 0 Å². The molecule has 2 aromatic carbocycles. The molecule has 0 saturated carbocycles. The number of hydrogen-bond acceptors (Lipinski definition) is 5. The Morgan fingerprint density at radius 1 is 1.12 bits per heavy atom. The van der Waals surface area contributed by atoms with E-state index in [0.29, 0.717) is 31.6 Å². The van der Waals surface area contributed by atoms with Gasteiger partial charge in [-0.25, -0.2) is 8.78 Å². The molecule has 4 atom stereocenters. The van der Waals surface area contributed by atoms with Gasteiger partial charge in [0.1, 0.15) is 6.04 Å². The molecule has 1 fully saturated rings. The van der Waals surface area contributed by atoms with E-state index >= 15 is 0 Å². The molecule has 0 aliphatic carbocycles. The summed E-state index contributed by atoms with van der Waals surface area (Å²) in [4.78, 5) is 18.8. The van der Waals surface area contributed by atoms with E-state index in [1.54, 1.807) is 13.2 Å². The van der Waals surface area contributed by atoms with Crippen molar-refractivity contribution in [2.75, 3.05) is 27.4 Å². The molecule has 3 aromatic rings. The molecule has 8 heteroatoms. The normalized spacial score (nSPS) is 24.6. The van der Waals surface area contributed by atoms with E-state index in [1.165, 1.54) is 13.2 Å². The number of hydrogen-bond donors (Lipinski definition) is 2. The van der Waals surface area contributed by atoms with Gasteiger partial charge in [0.25, 0.3) is 0 Å². The van der Waals surface area contributed by atoms with Crippen molar-refractivity contribution in [3.8, 4) is 0 Å². The molecular formula is C26H29F2N3O3. The fraction of sp³-hybridized carbons (Fsp3) is 0.423. The molecule has 5 rings (SSSR count). The number of para-hydroxylation sites is 1. The average Bonchev–Trinajstić information content (AvgIpc) is 3.23. The number of esters is 1. The molecule has 1 aromatic heterocycles. The third kappa shape index (κ3) is 4.00. The first kappa shape index (κ1) is 23.0. The summed E-state index contributed by atoms with van der Waals surface area (Å²) >= 11 is 0. The number of carbonyl (C=O) groups is 1. The number of piperidine rings is 1. The van der Waals surface area contributed by atoms with Crippen molar-refractivity contribution in [2.45, 2.75) is 43.4 Å². The van der Waals surface area contributed by atoms with Gasteiger partial charge in [0.15, 0.2) is 11.6 Å². The first-order chi connectivity index (χ1) is 16.5. The molecule has 0 radical (unpaired) electrons. The van der Waals surface area contributed by atoms with Crippen LogP contribution in [0.1, 0.15) is 41.7 Å². The topological polar surface area (TPSA) is 66.6 Å². The van der Waals surface area contributed by atoms with Gasteiger partial charge >= 0.3 is 5.97 Å². The SMILES string of the molecule is COCCN[C@H]1C[C@@H]2c3[nH]c4ccccc4c3C[C@@H](C(=O)OC)N2[C@H](c2ccc(F)c(F)c2)C1. The first-order valence-corrected chi connectivity index (χ1v) is 11.6. The zero-order chi connectivity index (χ0) is 23.8. The predicted octanol–water partition coefficient (Wildman–Crippen LogP) is 4.03. The van der Waals surface area contributed by atoms with Gasteiger partial charge in [-0.2, -0.15) is 0 Å². The third-order valence-electron chi connectivity index (χ3n) is 7.21. The lowest BCUT2D eigenvalue weighted by molar-refractivity contribution is -0.152. The zero-order valence-corrected chi connectivity index (χ0v) is 19.3. The molecule has 180 valence electrons. The molecule has 0 amide bonds. The van der Waals surface area contributed by atoms with Crippen LogP contribution in [0, 0.1) is 11.6 Å². The van der Waals surface area contributed by atoms with Gasteiger partial charge < -0.3 is 19.8 Å². The second kappa shape index (κ2) is 9.44. The van der Waals surface area contributed by atoms with Gasteiger partial charge in [-0.15, -0.1) is 0 Å². The zero-order valence-electron chi connectivity index (χ0n) is 19.3. The highest BCUT2D eigenvalue weighted by Crippen LogP contribution is 2.48. The van der Waals surface area contributed by atoms with Crippen LogP contribution in [0.3, 0.4) is 0 Å². The summed E-state index contributed by atoms with van der Waals surface area (Å²) in [6, 6.07) is 11.3. The Morgan fingerprint density at radius 2 is 1.91 bits per heavy atom. The minimum Gasteiger partial charge on any atom is -0.468 e. The molecule has 2 aliphatic rings. The van der Waals surface area contributed by atoms with Gasteiger partial charge in [0, 0.05) is 48.8 Å². The van der Waals surface area contributed by atoms with Crippen LogP contribution in [0.5, 0.6) is 0 Å². The van der Waals surface area contributed by atoms with Crippen molar-refractivity contribution in [1.82, 2.24) is 15.2 Å². The highest BCUT2D eigenvalue weighted by atomic mass is 19.2. The van der Waals surface area contributed by atoms with E-state index in [1.807, 2.05) is 18.2 Å². The van der Waals surface area contributed by atoms with E-state index < -0.39 is 17.7 Å². The van der Waals surface area contributed by atoms with Gasteiger partial charge in [-0.3, -0.25) is 9.69 Å². The highest BCUT2D eigenvalue weighted by Gasteiger charge is 2.48. The summed E-state index contributed by atoms with van der Waals surface area (Å²) in [5.74, 6) is -2.09. The minimum atomic E-state index is -0.888. The van der Waals surface area contributed by atoms with E-state index in [2.05, 4.69) is 21.3 Å². The van der Waals surface area contributed by atoms with Crippen molar-refractivity contribution >= 4 is 16.9 Å². The number of rotatable bonds is 6. The van der Waals surface area contributed by atoms with Crippen LogP contribution < -0.4 is 5.32 Å². The number of methoxy groups -OCH3 is 2. The number of benzene rings is 2. The maximum Gasteiger partial charge on any atom is 0.323 e. The molecule has 34 heavy (non-hydrogen) atoms. The van der Waals surface area contributed by atoms with Crippen molar-refractivity contribution in [3.05, 3.63) is 70.9 Å². The van der Waals surface area contributed by atoms with E-state index in [9.17, 15) is 13.6 Å². The Labute approximate surface area is 197 Å². The lowest BCUT2D eigenvalue weighted by atomic mass is 9.79. The number of nitrogens with zero attached hydrogens (tertiary/aromatic N) is 1. The van der Waals surface area contributed by atoms with Crippen molar-refractivity contribution < 1.29 is 23.0 Å². The monoisotopic (exact) mass is 469 g/mol. The lowest BCUT2D eigenvalue weighted by Gasteiger charge is -2.50. The van der Waals surface area contributed by atoms with Crippen molar-refractivity contribution in [3.63, 3.8) is 0 Å². The summed E-state index contributed by atoms with van der Waals surface area (Å²) in [5.41, 5.74) is 3.87. The fourth-order valence-corrected chi connectivity index (χ4v) is 5.72. The molecule has 3 heterocycles. The van der Waals surface area contributed by atoms with Crippen LogP contribution in [0.2, 0.25) is 0 Å². The Morgan fingerprint density at radius 3 is 2.68 bits per heavy atom. The number of H-pyrrole nitrogens is 1. The number of halogens is 2. The molecular weight excluding hydrogens is 440 g/mol. The Hall–Kier alpha value is -2.81. The molecule has 2 N–H and O–H groups in total. The van der Waals surface area contributed by atoms with E-state index in [4.69, 9.17) is 9.47 Å².